The molecule has 3 nitrogen and oxygen atoms in total. The van der Waals surface area contributed by atoms with Crippen molar-refractivity contribution < 1.29 is 9.59 Å². The summed E-state index contributed by atoms with van der Waals surface area (Å²) in [4.78, 5) is 24.5. The summed E-state index contributed by atoms with van der Waals surface area (Å²) < 4.78 is 0. The summed E-state index contributed by atoms with van der Waals surface area (Å²) >= 11 is 1.98. The summed E-state index contributed by atoms with van der Waals surface area (Å²) in [6.45, 7) is 1.51. The van der Waals surface area contributed by atoms with Crippen molar-refractivity contribution in [3.8, 4) is 0 Å². The zero-order chi connectivity index (χ0) is 10.7. The third-order valence-electron chi connectivity index (χ3n) is 3.06. The van der Waals surface area contributed by atoms with Gasteiger partial charge in [-0.2, -0.15) is 11.8 Å². The number of hydrogen-bond acceptors (Lipinski definition) is 3. The molecule has 2 heterocycles. The van der Waals surface area contributed by atoms with Gasteiger partial charge < -0.3 is 4.90 Å². The Labute approximate surface area is 94.6 Å². The monoisotopic (exact) mass is 227 g/mol. The van der Waals surface area contributed by atoms with Crippen LogP contribution in [0.3, 0.4) is 0 Å². The molecule has 0 aromatic heterocycles. The Bertz CT molecular complexity index is 261. The van der Waals surface area contributed by atoms with Crippen molar-refractivity contribution in [3.05, 3.63) is 0 Å². The maximum Gasteiger partial charge on any atom is 0.230 e. The summed E-state index contributed by atoms with van der Waals surface area (Å²) in [5.41, 5.74) is 0. The molecule has 2 rings (SSSR count). The maximum absolute atomic E-state index is 11.6. The Morgan fingerprint density at radius 2 is 2.20 bits per heavy atom. The molecule has 2 fully saturated rings. The third kappa shape index (κ3) is 2.97. The van der Waals surface area contributed by atoms with Crippen LogP contribution in [0.15, 0.2) is 0 Å². The Balaban J connectivity index is 1.82. The van der Waals surface area contributed by atoms with Gasteiger partial charge in [0.15, 0.2) is 0 Å². The predicted octanol–water partition coefficient (Wildman–Crippen LogP) is 1.46. The normalized spacial score (nSPS) is 28.3. The average Bonchev–Trinajstić information content (AvgIpc) is 2.24. The van der Waals surface area contributed by atoms with Gasteiger partial charge in [0.05, 0.1) is 6.42 Å². The van der Waals surface area contributed by atoms with E-state index >= 15 is 0 Å². The van der Waals surface area contributed by atoms with Gasteiger partial charge >= 0.3 is 0 Å². The first-order valence-corrected chi connectivity index (χ1v) is 6.71. The van der Waals surface area contributed by atoms with Crippen LogP contribution in [0.1, 0.15) is 32.1 Å². The number of ketones is 1. The number of carbonyl (C=O) groups is 2. The highest BCUT2D eigenvalue weighted by Crippen LogP contribution is 2.26. The van der Waals surface area contributed by atoms with E-state index in [-0.39, 0.29) is 18.1 Å². The standard InChI is InChI=1S/C11H17NO2S/c13-9-4-5-12(11(14)7-9)8-10-3-1-2-6-15-10/h10H,1-8H2. The molecule has 0 N–H and O–H groups in total. The van der Waals surface area contributed by atoms with E-state index < -0.39 is 0 Å². The maximum atomic E-state index is 11.6. The average molecular weight is 227 g/mol. The molecule has 1 amide bonds. The van der Waals surface area contributed by atoms with Gasteiger partial charge in [-0.25, -0.2) is 0 Å². The molecular formula is C11H17NO2S. The van der Waals surface area contributed by atoms with Crippen LogP contribution in [0.2, 0.25) is 0 Å². The lowest BCUT2D eigenvalue weighted by molar-refractivity contribution is -0.139. The lowest BCUT2D eigenvalue weighted by Gasteiger charge is -2.31. The van der Waals surface area contributed by atoms with Gasteiger partial charge in [-0.15, -0.1) is 0 Å². The number of amides is 1. The van der Waals surface area contributed by atoms with Crippen LogP contribution >= 0.6 is 11.8 Å². The Hall–Kier alpha value is -0.510. The molecule has 0 bridgehead atoms. The molecule has 1 atom stereocenters. The summed E-state index contributed by atoms with van der Waals surface area (Å²) in [5.74, 6) is 1.37. The van der Waals surface area contributed by atoms with E-state index in [9.17, 15) is 9.59 Å². The highest BCUT2D eigenvalue weighted by atomic mass is 32.2. The minimum Gasteiger partial charge on any atom is -0.341 e. The van der Waals surface area contributed by atoms with Gasteiger partial charge in [0.2, 0.25) is 5.91 Å². The fraction of sp³-hybridized carbons (Fsp3) is 0.818. The second kappa shape index (κ2) is 5.01. The molecule has 0 saturated carbocycles. The molecule has 2 aliphatic rings. The van der Waals surface area contributed by atoms with Crippen LogP contribution in [-0.4, -0.2) is 40.7 Å². The molecular weight excluding hydrogens is 210 g/mol. The molecule has 1 unspecified atom stereocenters. The molecule has 0 aliphatic carbocycles. The van der Waals surface area contributed by atoms with Crippen LogP contribution in [-0.2, 0) is 9.59 Å². The topological polar surface area (TPSA) is 37.4 Å². The lowest BCUT2D eigenvalue weighted by Crippen LogP contribution is -2.42. The zero-order valence-corrected chi connectivity index (χ0v) is 9.72. The number of piperidine rings is 1. The first kappa shape index (κ1) is 11.0. The minimum atomic E-state index is 0.0393. The number of rotatable bonds is 2. The molecule has 4 heteroatoms. The van der Waals surface area contributed by atoms with Crippen molar-refractivity contribution >= 4 is 23.5 Å². The number of hydrogen-bond donors (Lipinski definition) is 0. The Kier molecular flexibility index (Phi) is 3.67. The summed E-state index contributed by atoms with van der Waals surface area (Å²) in [6.07, 6.45) is 4.52. The molecule has 15 heavy (non-hydrogen) atoms. The summed E-state index contributed by atoms with van der Waals surface area (Å²) in [6, 6.07) is 0. The highest BCUT2D eigenvalue weighted by molar-refractivity contribution is 7.99. The highest BCUT2D eigenvalue weighted by Gasteiger charge is 2.26. The van der Waals surface area contributed by atoms with E-state index in [2.05, 4.69) is 0 Å². The number of thioether (sulfide) groups is 1. The number of Topliss-reactive ketones (excluding diaryl/α,β-unsaturated/α-hetero) is 1. The first-order chi connectivity index (χ1) is 7.25. The smallest absolute Gasteiger partial charge is 0.230 e. The molecule has 2 saturated heterocycles. The van der Waals surface area contributed by atoms with Gasteiger partial charge in [0, 0.05) is 24.8 Å². The number of carbonyl (C=O) groups excluding carboxylic acids is 2. The number of nitrogens with zero attached hydrogens (tertiary/aromatic N) is 1. The van der Waals surface area contributed by atoms with Crippen LogP contribution in [0.4, 0.5) is 0 Å². The fourth-order valence-corrected chi connectivity index (χ4v) is 3.47. The fourth-order valence-electron chi connectivity index (χ4n) is 2.14. The SMILES string of the molecule is O=C1CCN(CC2CCCCS2)C(=O)C1. The van der Waals surface area contributed by atoms with Crippen molar-refractivity contribution in [1.29, 1.82) is 0 Å². The second-order valence-electron chi connectivity index (χ2n) is 4.29. The van der Waals surface area contributed by atoms with Crippen LogP contribution < -0.4 is 0 Å². The van der Waals surface area contributed by atoms with Crippen molar-refractivity contribution in [2.75, 3.05) is 18.8 Å². The zero-order valence-electron chi connectivity index (χ0n) is 8.91. The van der Waals surface area contributed by atoms with E-state index in [1.807, 2.05) is 16.7 Å². The molecule has 0 aromatic rings. The van der Waals surface area contributed by atoms with Crippen LogP contribution in [0, 0.1) is 0 Å². The Morgan fingerprint density at radius 3 is 2.87 bits per heavy atom. The molecule has 84 valence electrons. The van der Waals surface area contributed by atoms with Crippen LogP contribution in [0.25, 0.3) is 0 Å². The molecule has 0 spiro atoms. The number of likely N-dealkylation sites (tertiary alicyclic amines) is 1. The van der Waals surface area contributed by atoms with E-state index in [0.29, 0.717) is 18.2 Å². The predicted molar refractivity (Wildman–Crippen MR) is 60.9 cm³/mol. The van der Waals surface area contributed by atoms with Crippen LogP contribution in [0.5, 0.6) is 0 Å². The van der Waals surface area contributed by atoms with E-state index in [1.54, 1.807) is 0 Å². The summed E-state index contributed by atoms with van der Waals surface area (Å²) in [7, 11) is 0. The van der Waals surface area contributed by atoms with Crippen molar-refractivity contribution in [2.45, 2.75) is 37.4 Å². The largest absolute Gasteiger partial charge is 0.341 e. The Morgan fingerprint density at radius 1 is 1.33 bits per heavy atom. The second-order valence-corrected chi connectivity index (χ2v) is 5.70. The van der Waals surface area contributed by atoms with Gasteiger partial charge in [0.25, 0.3) is 0 Å². The van der Waals surface area contributed by atoms with Gasteiger partial charge in [0.1, 0.15) is 5.78 Å². The first-order valence-electron chi connectivity index (χ1n) is 5.67. The van der Waals surface area contributed by atoms with Gasteiger partial charge in [-0.05, 0) is 18.6 Å². The van der Waals surface area contributed by atoms with E-state index in [4.69, 9.17) is 0 Å². The third-order valence-corrected chi connectivity index (χ3v) is 4.44. The minimum absolute atomic E-state index is 0.0393. The molecule has 0 aromatic carbocycles. The van der Waals surface area contributed by atoms with Crippen molar-refractivity contribution in [2.24, 2.45) is 0 Å². The van der Waals surface area contributed by atoms with Crippen molar-refractivity contribution in [3.63, 3.8) is 0 Å². The quantitative estimate of drug-likeness (QED) is 0.670. The van der Waals surface area contributed by atoms with Gasteiger partial charge in [-0.3, -0.25) is 9.59 Å². The lowest BCUT2D eigenvalue weighted by atomic mass is 10.1. The van der Waals surface area contributed by atoms with Crippen molar-refractivity contribution in [1.82, 2.24) is 4.90 Å². The van der Waals surface area contributed by atoms with E-state index in [0.717, 1.165) is 6.54 Å². The van der Waals surface area contributed by atoms with Gasteiger partial charge in [-0.1, -0.05) is 6.42 Å². The van der Waals surface area contributed by atoms with E-state index in [1.165, 1.54) is 25.0 Å². The molecule has 0 radical (unpaired) electrons. The molecule has 2 aliphatic heterocycles. The summed E-state index contributed by atoms with van der Waals surface area (Å²) in [5, 5.41) is 0.607.